The van der Waals surface area contributed by atoms with Gasteiger partial charge in [-0.1, -0.05) is 42.7 Å². The van der Waals surface area contributed by atoms with Crippen molar-refractivity contribution < 1.29 is 17.9 Å². The van der Waals surface area contributed by atoms with Crippen LogP contribution in [0.25, 0.3) is 0 Å². The highest BCUT2D eigenvalue weighted by atomic mass is 32.2. The van der Waals surface area contributed by atoms with Crippen LogP contribution >= 0.6 is 0 Å². The van der Waals surface area contributed by atoms with Crippen LogP contribution in [0.1, 0.15) is 60.0 Å². The van der Waals surface area contributed by atoms with E-state index in [0.717, 1.165) is 58.2 Å². The molecule has 1 amide bonds. The Morgan fingerprint density at radius 2 is 1.71 bits per heavy atom. The molecule has 2 aromatic rings. The van der Waals surface area contributed by atoms with Crippen molar-refractivity contribution in [2.24, 2.45) is 0 Å². The Morgan fingerprint density at radius 3 is 2.37 bits per heavy atom. The third-order valence-corrected chi connectivity index (χ3v) is 8.92. The van der Waals surface area contributed by atoms with Gasteiger partial charge in [-0.25, -0.2) is 8.42 Å². The lowest BCUT2D eigenvalue weighted by atomic mass is 10.0. The molecular formula is C27H37N3O4S. The van der Waals surface area contributed by atoms with Crippen molar-refractivity contribution >= 4 is 15.9 Å². The van der Waals surface area contributed by atoms with Gasteiger partial charge in [0.1, 0.15) is 5.75 Å². The van der Waals surface area contributed by atoms with Crippen LogP contribution in [0.15, 0.2) is 47.4 Å². The van der Waals surface area contributed by atoms with Crippen LogP contribution in [-0.4, -0.2) is 62.9 Å². The Hall–Kier alpha value is -2.42. The van der Waals surface area contributed by atoms with Gasteiger partial charge < -0.3 is 10.1 Å². The molecule has 8 heteroatoms. The Labute approximate surface area is 209 Å². The third kappa shape index (κ3) is 6.42. The summed E-state index contributed by atoms with van der Waals surface area (Å²) in [6, 6.07) is 13.2. The average molecular weight is 500 g/mol. The summed E-state index contributed by atoms with van der Waals surface area (Å²) in [7, 11) is -2.15. The largest absolute Gasteiger partial charge is 0.496 e. The molecular weight excluding hydrogens is 462 g/mol. The zero-order chi connectivity index (χ0) is 24.8. The number of carbonyl (C=O) groups excluding carboxylic acids is 1. The third-order valence-electron chi connectivity index (χ3n) is 7.03. The minimum Gasteiger partial charge on any atom is -0.496 e. The number of rotatable bonds is 7. The Balaban J connectivity index is 1.41. The van der Waals surface area contributed by atoms with Crippen LogP contribution in [0.4, 0.5) is 0 Å². The van der Waals surface area contributed by atoms with Crippen LogP contribution < -0.4 is 10.1 Å². The molecule has 0 atom stereocenters. The first kappa shape index (κ1) is 25.7. The van der Waals surface area contributed by atoms with Crippen molar-refractivity contribution in [3.8, 4) is 5.75 Å². The van der Waals surface area contributed by atoms with Crippen LogP contribution in [0.3, 0.4) is 0 Å². The van der Waals surface area contributed by atoms with Gasteiger partial charge in [0.15, 0.2) is 0 Å². The smallest absolute Gasteiger partial charge is 0.255 e. The average Bonchev–Trinajstić information content (AvgIpc) is 3.15. The van der Waals surface area contributed by atoms with E-state index in [1.165, 1.54) is 24.3 Å². The van der Waals surface area contributed by atoms with Gasteiger partial charge in [0.25, 0.3) is 5.91 Å². The van der Waals surface area contributed by atoms with E-state index in [4.69, 9.17) is 4.74 Å². The molecule has 0 radical (unpaired) electrons. The standard InChI is InChI=1S/C27H37N3O4S/c1-21-8-7-9-22(18-21)20-29-16-12-23(13-17-29)28-27(31)25-19-24(10-11-26(25)34-2)35(32,33)30-14-5-3-4-6-15-30/h7-11,18-19,23H,3-6,12-17,20H2,1-2H3,(H,28,31). The molecule has 2 aliphatic heterocycles. The number of hydrogen-bond acceptors (Lipinski definition) is 5. The zero-order valence-electron chi connectivity index (χ0n) is 20.8. The number of methoxy groups -OCH3 is 1. The molecule has 2 saturated heterocycles. The van der Waals surface area contributed by atoms with Crippen molar-refractivity contribution in [1.82, 2.24) is 14.5 Å². The van der Waals surface area contributed by atoms with E-state index in [0.29, 0.717) is 18.8 Å². The number of sulfonamides is 1. The van der Waals surface area contributed by atoms with Gasteiger partial charge >= 0.3 is 0 Å². The summed E-state index contributed by atoms with van der Waals surface area (Å²) in [5, 5.41) is 3.12. The first-order valence-electron chi connectivity index (χ1n) is 12.6. The van der Waals surface area contributed by atoms with Crippen molar-refractivity contribution in [3.05, 3.63) is 59.2 Å². The summed E-state index contributed by atoms with van der Waals surface area (Å²) in [6.45, 7) is 5.87. The predicted molar refractivity (Wildman–Crippen MR) is 137 cm³/mol. The lowest BCUT2D eigenvalue weighted by molar-refractivity contribution is 0.0905. The monoisotopic (exact) mass is 499 g/mol. The second-order valence-electron chi connectivity index (χ2n) is 9.69. The molecule has 7 nitrogen and oxygen atoms in total. The minimum atomic E-state index is -3.65. The fourth-order valence-corrected chi connectivity index (χ4v) is 6.57. The second-order valence-corrected chi connectivity index (χ2v) is 11.6. The van der Waals surface area contributed by atoms with E-state index < -0.39 is 10.0 Å². The van der Waals surface area contributed by atoms with Crippen molar-refractivity contribution in [3.63, 3.8) is 0 Å². The minimum absolute atomic E-state index is 0.0480. The number of nitrogens with one attached hydrogen (secondary N) is 1. The van der Waals surface area contributed by atoms with Gasteiger partial charge in [-0.15, -0.1) is 0 Å². The second kappa shape index (κ2) is 11.5. The van der Waals surface area contributed by atoms with E-state index >= 15 is 0 Å². The predicted octanol–water partition coefficient (Wildman–Crippen LogP) is 3.96. The maximum absolute atomic E-state index is 13.3. The van der Waals surface area contributed by atoms with E-state index in [2.05, 4.69) is 41.4 Å². The van der Waals surface area contributed by atoms with Gasteiger partial charge in [-0.3, -0.25) is 9.69 Å². The maximum Gasteiger partial charge on any atom is 0.255 e. The summed E-state index contributed by atoms with van der Waals surface area (Å²) >= 11 is 0. The van der Waals surface area contributed by atoms with Crippen molar-refractivity contribution in [1.29, 1.82) is 0 Å². The number of carbonyl (C=O) groups is 1. The van der Waals surface area contributed by atoms with Crippen LogP contribution in [0.5, 0.6) is 5.75 Å². The fraction of sp³-hybridized carbons (Fsp3) is 0.519. The van der Waals surface area contributed by atoms with Gasteiger partial charge in [0.05, 0.1) is 17.6 Å². The quantitative estimate of drug-likeness (QED) is 0.624. The summed E-state index contributed by atoms with van der Waals surface area (Å²) < 4.78 is 33.5. The van der Waals surface area contributed by atoms with Gasteiger partial charge in [-0.05, 0) is 56.4 Å². The highest BCUT2D eigenvalue weighted by Crippen LogP contribution is 2.27. The van der Waals surface area contributed by atoms with Gasteiger partial charge in [0, 0.05) is 38.8 Å². The molecule has 0 spiro atoms. The molecule has 0 aliphatic carbocycles. The Kier molecular flexibility index (Phi) is 8.46. The molecule has 0 unspecified atom stereocenters. The van der Waals surface area contributed by atoms with Crippen LogP contribution in [-0.2, 0) is 16.6 Å². The summed E-state index contributed by atoms with van der Waals surface area (Å²) in [5.41, 5.74) is 2.84. The zero-order valence-corrected chi connectivity index (χ0v) is 21.6. The summed E-state index contributed by atoms with van der Waals surface area (Å²) in [5.74, 6) is 0.0982. The van der Waals surface area contributed by atoms with Crippen molar-refractivity contribution in [2.45, 2.75) is 62.9 Å². The summed E-state index contributed by atoms with van der Waals surface area (Å²) in [6.07, 6.45) is 5.53. The lowest BCUT2D eigenvalue weighted by Gasteiger charge is -2.32. The summed E-state index contributed by atoms with van der Waals surface area (Å²) in [4.78, 5) is 15.8. The topological polar surface area (TPSA) is 79.0 Å². The molecule has 2 aromatic carbocycles. The van der Waals surface area contributed by atoms with Crippen LogP contribution in [0.2, 0.25) is 0 Å². The highest BCUT2D eigenvalue weighted by Gasteiger charge is 2.28. The lowest BCUT2D eigenvalue weighted by Crippen LogP contribution is -2.44. The van der Waals surface area contributed by atoms with Gasteiger partial charge in [-0.2, -0.15) is 4.31 Å². The fourth-order valence-electron chi connectivity index (χ4n) is 5.02. The Morgan fingerprint density at radius 1 is 1.00 bits per heavy atom. The molecule has 2 fully saturated rings. The number of ether oxygens (including phenoxy) is 1. The number of hydrogen-bond donors (Lipinski definition) is 1. The van der Waals surface area contributed by atoms with Crippen molar-refractivity contribution in [2.75, 3.05) is 33.3 Å². The van der Waals surface area contributed by atoms with Gasteiger partial charge in [0.2, 0.25) is 10.0 Å². The molecule has 4 rings (SSSR count). The molecule has 190 valence electrons. The van der Waals surface area contributed by atoms with E-state index in [-0.39, 0.29) is 22.4 Å². The molecule has 1 N–H and O–H groups in total. The number of nitrogens with zero attached hydrogens (tertiary/aromatic N) is 2. The highest BCUT2D eigenvalue weighted by molar-refractivity contribution is 7.89. The first-order valence-corrected chi connectivity index (χ1v) is 14.1. The molecule has 2 heterocycles. The normalized spacial score (nSPS) is 18.7. The number of piperidine rings is 1. The maximum atomic E-state index is 13.3. The molecule has 0 aromatic heterocycles. The number of aryl methyl sites for hydroxylation is 1. The molecule has 0 bridgehead atoms. The number of likely N-dealkylation sites (tertiary alicyclic amines) is 1. The first-order chi connectivity index (χ1) is 16.9. The number of amides is 1. The molecule has 2 aliphatic rings. The Bertz CT molecular complexity index is 1120. The molecule has 35 heavy (non-hydrogen) atoms. The van der Waals surface area contributed by atoms with Crippen LogP contribution in [0, 0.1) is 6.92 Å². The number of benzene rings is 2. The van der Waals surface area contributed by atoms with E-state index in [1.54, 1.807) is 16.4 Å². The molecule has 0 saturated carbocycles. The van der Waals surface area contributed by atoms with E-state index in [9.17, 15) is 13.2 Å². The van der Waals surface area contributed by atoms with E-state index in [1.807, 2.05) is 0 Å². The SMILES string of the molecule is COc1ccc(S(=O)(=O)N2CCCCCC2)cc1C(=O)NC1CCN(Cc2cccc(C)c2)CC1.